The van der Waals surface area contributed by atoms with Crippen LogP contribution < -0.4 is 4.90 Å². The zero-order valence-electron chi connectivity index (χ0n) is 17.8. The molecule has 1 N–H and O–H groups in total. The van der Waals surface area contributed by atoms with Crippen LogP contribution in [0.4, 0.5) is 5.69 Å². The lowest BCUT2D eigenvalue weighted by Gasteiger charge is -2.43. The molecule has 5 rings (SSSR count). The number of benzene rings is 3. The van der Waals surface area contributed by atoms with Gasteiger partial charge < -0.3 is 5.11 Å². The molecule has 4 nitrogen and oxygen atoms in total. The summed E-state index contributed by atoms with van der Waals surface area (Å²) in [5.41, 5.74) is 1.81. The third kappa shape index (κ3) is 3.13. The van der Waals surface area contributed by atoms with Crippen molar-refractivity contribution in [3.63, 3.8) is 0 Å². The van der Waals surface area contributed by atoms with Crippen molar-refractivity contribution in [2.45, 2.75) is 17.8 Å². The highest BCUT2D eigenvalue weighted by atomic mass is 35.5. The summed E-state index contributed by atoms with van der Waals surface area (Å²) in [6.45, 7) is 4.00. The number of hydrogen-bond donors (Lipinski definition) is 1. The van der Waals surface area contributed by atoms with Crippen molar-refractivity contribution in [1.82, 2.24) is 0 Å². The van der Waals surface area contributed by atoms with Crippen LogP contribution in [-0.4, -0.2) is 16.9 Å². The van der Waals surface area contributed by atoms with Crippen molar-refractivity contribution in [3.8, 4) is 5.75 Å². The normalized spacial score (nSPS) is 24.4. The molecule has 5 heteroatoms. The Morgan fingerprint density at radius 1 is 1.00 bits per heavy atom. The number of nitrogens with zero attached hydrogens (tertiary/aromatic N) is 1. The van der Waals surface area contributed by atoms with Gasteiger partial charge in [-0.15, -0.1) is 0 Å². The Bertz CT molecular complexity index is 1280. The molecular weight excluding hydrogens is 434 g/mol. The molecule has 1 aliphatic carbocycles. The van der Waals surface area contributed by atoms with Crippen LogP contribution in [0.3, 0.4) is 0 Å². The van der Waals surface area contributed by atoms with E-state index >= 15 is 0 Å². The zero-order valence-corrected chi connectivity index (χ0v) is 18.6. The number of amides is 2. The molecule has 0 aromatic heterocycles. The minimum absolute atomic E-state index is 0.137. The second-order valence-corrected chi connectivity index (χ2v) is 8.85. The van der Waals surface area contributed by atoms with Crippen LogP contribution >= 0.6 is 11.6 Å². The molecule has 3 atom stereocenters. The van der Waals surface area contributed by atoms with E-state index in [0.717, 1.165) is 16.7 Å². The summed E-state index contributed by atoms with van der Waals surface area (Å²) >= 11 is 6.21. The van der Waals surface area contributed by atoms with Gasteiger partial charge >= 0.3 is 0 Å². The fraction of sp³-hybridized carbons (Fsp3) is 0.143. The van der Waals surface area contributed by atoms with Crippen LogP contribution in [-0.2, 0) is 15.0 Å². The second-order valence-electron chi connectivity index (χ2n) is 8.41. The van der Waals surface area contributed by atoms with Gasteiger partial charge in [-0.2, -0.15) is 0 Å². The lowest BCUT2D eigenvalue weighted by molar-refractivity contribution is -0.123. The average Bonchev–Trinajstić information content (AvgIpc) is 3.07. The molecule has 0 spiro atoms. The molecular formula is C28H22ClNO3. The Balaban J connectivity index is 1.80. The Morgan fingerprint density at radius 2 is 1.73 bits per heavy atom. The highest BCUT2D eigenvalue weighted by molar-refractivity contribution is 6.32. The molecule has 3 aromatic carbocycles. The molecule has 0 radical (unpaired) electrons. The Hall–Kier alpha value is -3.63. The van der Waals surface area contributed by atoms with Crippen molar-refractivity contribution >= 4 is 29.1 Å². The fourth-order valence-corrected chi connectivity index (χ4v) is 5.60. The SMILES string of the molecule is C=CC1=CCC2C(=O)N(c3cccc(Cl)c3)C(=O)C2(c2ccccc2)C1c1ccc(O)cc1. The Labute approximate surface area is 197 Å². The monoisotopic (exact) mass is 455 g/mol. The molecule has 2 aliphatic rings. The van der Waals surface area contributed by atoms with E-state index in [4.69, 9.17) is 11.6 Å². The molecule has 2 amide bonds. The minimum Gasteiger partial charge on any atom is -0.508 e. The van der Waals surface area contributed by atoms with Crippen molar-refractivity contribution in [2.75, 3.05) is 4.90 Å². The number of carbonyl (C=O) groups is 2. The maximum absolute atomic E-state index is 14.4. The predicted octanol–water partition coefficient (Wildman–Crippen LogP) is 5.77. The molecule has 3 aromatic rings. The van der Waals surface area contributed by atoms with Gasteiger partial charge in [0.15, 0.2) is 0 Å². The lowest BCUT2D eigenvalue weighted by atomic mass is 9.56. The zero-order chi connectivity index (χ0) is 23.2. The van der Waals surface area contributed by atoms with Gasteiger partial charge in [-0.1, -0.05) is 78.9 Å². The average molecular weight is 456 g/mol. The number of hydrogen-bond acceptors (Lipinski definition) is 3. The summed E-state index contributed by atoms with van der Waals surface area (Å²) in [7, 11) is 0. The number of rotatable bonds is 4. The van der Waals surface area contributed by atoms with Gasteiger partial charge in [-0.05, 0) is 53.5 Å². The van der Waals surface area contributed by atoms with Crippen LogP contribution in [0, 0.1) is 5.92 Å². The van der Waals surface area contributed by atoms with E-state index in [1.165, 1.54) is 4.90 Å². The third-order valence-corrected chi connectivity index (χ3v) is 7.02. The van der Waals surface area contributed by atoms with Crippen LogP contribution in [0.25, 0.3) is 0 Å². The molecule has 1 saturated heterocycles. The quantitative estimate of drug-likeness (QED) is 0.508. The largest absolute Gasteiger partial charge is 0.508 e. The molecule has 164 valence electrons. The number of fused-ring (bicyclic) bond motifs is 1. The second kappa shape index (κ2) is 8.05. The number of anilines is 1. The first-order valence-corrected chi connectivity index (χ1v) is 11.2. The van der Waals surface area contributed by atoms with Gasteiger partial charge in [0.2, 0.25) is 11.8 Å². The summed E-state index contributed by atoms with van der Waals surface area (Å²) in [5, 5.41) is 10.3. The maximum Gasteiger partial charge on any atom is 0.246 e. The predicted molar refractivity (Wildman–Crippen MR) is 129 cm³/mol. The van der Waals surface area contributed by atoms with Crippen molar-refractivity contribution in [1.29, 1.82) is 0 Å². The van der Waals surface area contributed by atoms with E-state index < -0.39 is 17.3 Å². The summed E-state index contributed by atoms with van der Waals surface area (Å²) in [5.74, 6) is -1.42. The van der Waals surface area contributed by atoms with E-state index in [0.29, 0.717) is 17.1 Å². The summed E-state index contributed by atoms with van der Waals surface area (Å²) < 4.78 is 0. The van der Waals surface area contributed by atoms with Gasteiger partial charge in [0.05, 0.1) is 17.0 Å². The first-order valence-electron chi connectivity index (χ1n) is 10.8. The topological polar surface area (TPSA) is 57.6 Å². The molecule has 1 heterocycles. The van der Waals surface area contributed by atoms with Crippen LogP contribution in [0.15, 0.2) is 103 Å². The number of carbonyl (C=O) groups excluding carboxylic acids is 2. The van der Waals surface area contributed by atoms with E-state index in [1.54, 1.807) is 42.5 Å². The van der Waals surface area contributed by atoms with E-state index in [2.05, 4.69) is 6.58 Å². The molecule has 0 saturated carbocycles. The summed E-state index contributed by atoms with van der Waals surface area (Å²) in [4.78, 5) is 29.6. The number of imide groups is 1. The third-order valence-electron chi connectivity index (χ3n) is 6.78. The smallest absolute Gasteiger partial charge is 0.246 e. The Morgan fingerprint density at radius 3 is 2.39 bits per heavy atom. The molecule has 1 fully saturated rings. The van der Waals surface area contributed by atoms with E-state index in [1.807, 2.05) is 48.5 Å². The fourth-order valence-electron chi connectivity index (χ4n) is 5.42. The number of phenols is 1. The first kappa shape index (κ1) is 21.2. The first-order chi connectivity index (χ1) is 16.0. The number of halogens is 1. The maximum atomic E-state index is 14.4. The minimum atomic E-state index is -1.16. The molecule has 3 unspecified atom stereocenters. The highest BCUT2D eigenvalue weighted by Crippen LogP contribution is 2.58. The molecule has 33 heavy (non-hydrogen) atoms. The number of allylic oxidation sites excluding steroid dienone is 3. The van der Waals surface area contributed by atoms with Gasteiger partial charge in [0.25, 0.3) is 0 Å². The lowest BCUT2D eigenvalue weighted by Crippen LogP contribution is -2.48. The molecule has 1 aliphatic heterocycles. The van der Waals surface area contributed by atoms with Gasteiger partial charge in [0, 0.05) is 10.9 Å². The number of aromatic hydroxyl groups is 1. The van der Waals surface area contributed by atoms with Crippen molar-refractivity contribution in [2.24, 2.45) is 5.92 Å². The number of phenolic OH excluding ortho intramolecular Hbond substituents is 1. The molecule has 0 bridgehead atoms. The summed E-state index contributed by atoms with van der Waals surface area (Å²) in [6, 6.07) is 23.2. The van der Waals surface area contributed by atoms with Crippen LogP contribution in [0.2, 0.25) is 5.02 Å². The van der Waals surface area contributed by atoms with Crippen LogP contribution in [0.1, 0.15) is 23.5 Å². The standard InChI is InChI=1S/C28H22ClNO3/c1-2-18-13-16-24-26(32)30(22-10-6-9-21(29)17-22)27(33)28(24,20-7-4-3-5-8-20)25(18)19-11-14-23(31)15-12-19/h2-15,17,24-25,31H,1,16H2. The Kier molecular flexibility index (Phi) is 5.18. The van der Waals surface area contributed by atoms with Gasteiger partial charge in [-0.3, -0.25) is 9.59 Å². The highest BCUT2D eigenvalue weighted by Gasteiger charge is 2.65. The van der Waals surface area contributed by atoms with E-state index in [9.17, 15) is 14.7 Å². The summed E-state index contributed by atoms with van der Waals surface area (Å²) in [6.07, 6.45) is 4.19. The van der Waals surface area contributed by atoms with Gasteiger partial charge in [-0.25, -0.2) is 4.90 Å². The van der Waals surface area contributed by atoms with E-state index in [-0.39, 0.29) is 17.6 Å². The van der Waals surface area contributed by atoms with Crippen molar-refractivity contribution < 1.29 is 14.7 Å². The van der Waals surface area contributed by atoms with Crippen LogP contribution in [0.5, 0.6) is 5.75 Å². The van der Waals surface area contributed by atoms with Gasteiger partial charge in [0.1, 0.15) is 5.75 Å². The van der Waals surface area contributed by atoms with Crippen molar-refractivity contribution in [3.05, 3.63) is 119 Å².